The van der Waals surface area contributed by atoms with Gasteiger partial charge < -0.3 is 18.9 Å². The first-order valence-corrected chi connectivity index (χ1v) is 13.4. The summed E-state index contributed by atoms with van der Waals surface area (Å²) in [5.74, 6) is 3.23. The Kier molecular flexibility index (Phi) is 7.83. The molecular formula is C31H36N2O4. The van der Waals surface area contributed by atoms with Gasteiger partial charge in [0.2, 0.25) is 6.23 Å². The zero-order valence-corrected chi connectivity index (χ0v) is 22.0. The SMILES string of the molecule is CCCCCCOc1ccc([C@@H]2Oc3ccccc3[C@H]3CC(c4ccc(OCC)cc4)=NN32)cc1OC. The average Bonchev–Trinajstić information content (AvgIpc) is 3.39. The average molecular weight is 501 g/mol. The van der Waals surface area contributed by atoms with E-state index in [-0.39, 0.29) is 12.3 Å². The molecule has 0 aliphatic carbocycles. The van der Waals surface area contributed by atoms with Gasteiger partial charge in [0.05, 0.1) is 32.1 Å². The molecule has 0 spiro atoms. The lowest BCUT2D eigenvalue weighted by Crippen LogP contribution is -2.33. The molecule has 37 heavy (non-hydrogen) atoms. The van der Waals surface area contributed by atoms with Crippen LogP contribution in [0, 0.1) is 0 Å². The second kappa shape index (κ2) is 11.6. The summed E-state index contributed by atoms with van der Waals surface area (Å²) in [7, 11) is 1.68. The second-order valence-corrected chi connectivity index (χ2v) is 9.43. The lowest BCUT2D eigenvalue weighted by molar-refractivity contribution is -0.0191. The van der Waals surface area contributed by atoms with Crippen LogP contribution in [0.3, 0.4) is 0 Å². The summed E-state index contributed by atoms with van der Waals surface area (Å²) < 4.78 is 23.9. The largest absolute Gasteiger partial charge is 0.494 e. The highest BCUT2D eigenvalue weighted by Gasteiger charge is 2.41. The molecule has 0 saturated carbocycles. The molecule has 2 aliphatic rings. The van der Waals surface area contributed by atoms with Crippen molar-refractivity contribution < 1.29 is 18.9 Å². The van der Waals surface area contributed by atoms with Crippen molar-refractivity contribution in [3.05, 3.63) is 83.4 Å². The fourth-order valence-corrected chi connectivity index (χ4v) is 5.01. The first-order valence-electron chi connectivity index (χ1n) is 13.4. The van der Waals surface area contributed by atoms with Crippen molar-refractivity contribution >= 4 is 5.71 Å². The molecule has 6 nitrogen and oxygen atoms in total. The van der Waals surface area contributed by atoms with Crippen molar-refractivity contribution in [2.45, 2.75) is 58.2 Å². The van der Waals surface area contributed by atoms with Crippen LogP contribution in [-0.4, -0.2) is 31.0 Å². The summed E-state index contributed by atoms with van der Waals surface area (Å²) in [4.78, 5) is 0. The fourth-order valence-electron chi connectivity index (χ4n) is 5.01. The molecule has 0 unspecified atom stereocenters. The molecule has 2 heterocycles. The van der Waals surface area contributed by atoms with Crippen molar-refractivity contribution in [2.24, 2.45) is 5.10 Å². The first kappa shape index (κ1) is 25.0. The normalized spacial score (nSPS) is 17.9. The molecule has 0 saturated heterocycles. The summed E-state index contributed by atoms with van der Waals surface area (Å²) in [6, 6.07) is 22.6. The van der Waals surface area contributed by atoms with Crippen LogP contribution >= 0.6 is 0 Å². The van der Waals surface area contributed by atoms with E-state index in [0.717, 1.165) is 52.5 Å². The number of fused-ring (bicyclic) bond motifs is 3. The van der Waals surface area contributed by atoms with E-state index < -0.39 is 0 Å². The highest BCUT2D eigenvalue weighted by atomic mass is 16.5. The molecule has 0 aromatic heterocycles. The van der Waals surface area contributed by atoms with Crippen LogP contribution in [-0.2, 0) is 0 Å². The predicted molar refractivity (Wildman–Crippen MR) is 146 cm³/mol. The Morgan fingerprint density at radius 1 is 0.919 bits per heavy atom. The van der Waals surface area contributed by atoms with Crippen molar-refractivity contribution in [3.8, 4) is 23.0 Å². The highest BCUT2D eigenvalue weighted by Crippen LogP contribution is 2.48. The third-order valence-electron chi connectivity index (χ3n) is 6.93. The van der Waals surface area contributed by atoms with Crippen LogP contribution < -0.4 is 18.9 Å². The topological polar surface area (TPSA) is 52.5 Å². The van der Waals surface area contributed by atoms with Crippen LogP contribution in [0.5, 0.6) is 23.0 Å². The van der Waals surface area contributed by atoms with E-state index in [4.69, 9.17) is 24.0 Å². The number of benzene rings is 3. The number of methoxy groups -OCH3 is 1. The summed E-state index contributed by atoms with van der Waals surface area (Å²) >= 11 is 0. The number of nitrogens with zero attached hydrogens (tertiary/aromatic N) is 2. The molecule has 0 amide bonds. The summed E-state index contributed by atoms with van der Waals surface area (Å²) in [6.07, 6.45) is 5.10. The third kappa shape index (κ3) is 5.38. The van der Waals surface area contributed by atoms with Gasteiger partial charge in [-0.15, -0.1) is 0 Å². The monoisotopic (exact) mass is 500 g/mol. The Morgan fingerprint density at radius 2 is 1.76 bits per heavy atom. The number of unbranched alkanes of at least 4 members (excludes halogenated alkanes) is 3. The van der Waals surface area contributed by atoms with Crippen molar-refractivity contribution in [1.29, 1.82) is 0 Å². The molecule has 0 N–H and O–H groups in total. The molecule has 2 atom stereocenters. The molecule has 5 rings (SSSR count). The molecule has 2 aliphatic heterocycles. The highest BCUT2D eigenvalue weighted by molar-refractivity contribution is 6.02. The van der Waals surface area contributed by atoms with Crippen LogP contribution in [0.1, 0.15) is 74.9 Å². The number of rotatable bonds is 11. The molecule has 3 aromatic carbocycles. The van der Waals surface area contributed by atoms with Crippen molar-refractivity contribution in [1.82, 2.24) is 5.01 Å². The number of hydrogen-bond acceptors (Lipinski definition) is 6. The van der Waals surface area contributed by atoms with Gasteiger partial charge >= 0.3 is 0 Å². The van der Waals surface area contributed by atoms with E-state index in [0.29, 0.717) is 19.0 Å². The number of hydrazone groups is 1. The summed E-state index contributed by atoms with van der Waals surface area (Å²) in [5, 5.41) is 7.17. The van der Waals surface area contributed by atoms with Gasteiger partial charge in [-0.05, 0) is 67.4 Å². The molecule has 194 valence electrons. The van der Waals surface area contributed by atoms with E-state index in [1.807, 2.05) is 43.3 Å². The molecule has 0 radical (unpaired) electrons. The predicted octanol–water partition coefficient (Wildman–Crippen LogP) is 7.30. The molecular weight excluding hydrogens is 464 g/mol. The zero-order chi connectivity index (χ0) is 25.6. The lowest BCUT2D eigenvalue weighted by Gasteiger charge is -2.38. The van der Waals surface area contributed by atoms with Gasteiger partial charge in [0.15, 0.2) is 11.5 Å². The van der Waals surface area contributed by atoms with Crippen LogP contribution in [0.15, 0.2) is 71.8 Å². The minimum absolute atomic E-state index is 0.0944. The van der Waals surface area contributed by atoms with E-state index >= 15 is 0 Å². The van der Waals surface area contributed by atoms with Gasteiger partial charge in [-0.25, -0.2) is 5.01 Å². The third-order valence-corrected chi connectivity index (χ3v) is 6.93. The number of ether oxygens (including phenoxy) is 4. The van der Waals surface area contributed by atoms with Gasteiger partial charge in [-0.3, -0.25) is 0 Å². The maximum atomic E-state index is 6.53. The summed E-state index contributed by atoms with van der Waals surface area (Å²) in [5.41, 5.74) is 4.27. The van der Waals surface area contributed by atoms with Crippen molar-refractivity contribution in [3.63, 3.8) is 0 Å². The zero-order valence-electron chi connectivity index (χ0n) is 22.0. The Hall–Kier alpha value is -3.67. The second-order valence-electron chi connectivity index (χ2n) is 9.43. The Morgan fingerprint density at radius 3 is 2.54 bits per heavy atom. The minimum atomic E-state index is -0.368. The van der Waals surface area contributed by atoms with Gasteiger partial charge in [0.1, 0.15) is 11.5 Å². The maximum absolute atomic E-state index is 6.53. The van der Waals surface area contributed by atoms with E-state index in [9.17, 15) is 0 Å². The lowest BCUT2D eigenvalue weighted by atomic mass is 9.96. The first-order chi connectivity index (χ1) is 18.2. The van der Waals surface area contributed by atoms with E-state index in [2.05, 4.69) is 42.3 Å². The molecule has 3 aromatic rings. The Balaban J connectivity index is 1.42. The van der Waals surface area contributed by atoms with Crippen LogP contribution in [0.25, 0.3) is 0 Å². The fraction of sp³-hybridized carbons (Fsp3) is 0.387. The molecule has 6 heteroatoms. The number of para-hydroxylation sites is 1. The summed E-state index contributed by atoms with van der Waals surface area (Å²) in [6.45, 7) is 5.54. The standard InChI is InChI=1S/C31H36N2O4/c1-4-6-7-10-19-36-29-18-15-23(20-30(29)34-3)31-33-27(25-11-8-9-12-28(25)37-31)21-26(32-33)22-13-16-24(17-14-22)35-5-2/h8-9,11-18,20,27,31H,4-7,10,19,21H2,1-3H3/t27-,31+/m1/s1. The maximum Gasteiger partial charge on any atom is 0.214 e. The van der Waals surface area contributed by atoms with Crippen LogP contribution in [0.2, 0.25) is 0 Å². The van der Waals surface area contributed by atoms with Gasteiger partial charge in [-0.2, -0.15) is 5.10 Å². The van der Waals surface area contributed by atoms with Crippen molar-refractivity contribution in [2.75, 3.05) is 20.3 Å². The molecule has 0 fully saturated rings. The van der Waals surface area contributed by atoms with Gasteiger partial charge in [0, 0.05) is 17.5 Å². The Bertz CT molecular complexity index is 1220. The quantitative estimate of drug-likeness (QED) is 0.259. The van der Waals surface area contributed by atoms with E-state index in [1.165, 1.54) is 19.3 Å². The van der Waals surface area contributed by atoms with Gasteiger partial charge in [0.25, 0.3) is 0 Å². The van der Waals surface area contributed by atoms with E-state index in [1.54, 1.807) is 7.11 Å². The van der Waals surface area contributed by atoms with Crippen LogP contribution in [0.4, 0.5) is 0 Å². The molecule has 0 bridgehead atoms. The Labute approximate surface area is 219 Å². The number of hydrogen-bond donors (Lipinski definition) is 0. The minimum Gasteiger partial charge on any atom is -0.494 e. The smallest absolute Gasteiger partial charge is 0.214 e. The van der Waals surface area contributed by atoms with Gasteiger partial charge in [-0.1, -0.05) is 44.4 Å².